The van der Waals surface area contributed by atoms with Crippen molar-refractivity contribution in [1.29, 1.82) is 0 Å². The van der Waals surface area contributed by atoms with E-state index in [2.05, 4.69) is 31.5 Å². The fourth-order valence-corrected chi connectivity index (χ4v) is 3.67. The standard InChI is InChI=1S/C24H22BrFN4O3/c1-14-4-5-15(2)21(10-14)32-13-19-16(3)33-29-22(19)24(31)27-23-20(25)12-30(28-23)11-17-6-8-18(26)9-7-17/h4-10,12H,11,13H2,1-3H3,(H,27,28,31). The van der Waals surface area contributed by atoms with Crippen LogP contribution in [0.5, 0.6) is 5.75 Å². The van der Waals surface area contributed by atoms with Crippen molar-refractivity contribution >= 4 is 27.7 Å². The number of ether oxygens (including phenoxy) is 1. The fraction of sp³-hybridized carbons (Fsp3) is 0.208. The van der Waals surface area contributed by atoms with E-state index in [0.29, 0.717) is 28.2 Å². The third-order valence-corrected chi connectivity index (χ3v) is 5.70. The Labute approximate surface area is 198 Å². The number of aromatic nitrogens is 3. The molecule has 0 radical (unpaired) electrons. The van der Waals surface area contributed by atoms with Gasteiger partial charge in [-0.2, -0.15) is 5.10 Å². The van der Waals surface area contributed by atoms with Gasteiger partial charge in [-0.1, -0.05) is 29.4 Å². The summed E-state index contributed by atoms with van der Waals surface area (Å²) >= 11 is 3.42. The lowest BCUT2D eigenvalue weighted by atomic mass is 10.1. The molecule has 0 saturated heterocycles. The lowest BCUT2D eigenvalue weighted by Gasteiger charge is -2.10. The Morgan fingerprint density at radius 2 is 1.94 bits per heavy atom. The van der Waals surface area contributed by atoms with Crippen molar-refractivity contribution in [1.82, 2.24) is 14.9 Å². The fourth-order valence-electron chi connectivity index (χ4n) is 3.26. The van der Waals surface area contributed by atoms with Gasteiger partial charge in [0, 0.05) is 6.20 Å². The molecule has 0 aliphatic rings. The number of carbonyl (C=O) groups excluding carboxylic acids is 1. The molecule has 4 rings (SSSR count). The zero-order chi connectivity index (χ0) is 23.5. The Morgan fingerprint density at radius 3 is 2.70 bits per heavy atom. The summed E-state index contributed by atoms with van der Waals surface area (Å²) in [6.45, 7) is 6.25. The highest BCUT2D eigenvalue weighted by molar-refractivity contribution is 9.10. The van der Waals surface area contributed by atoms with Crippen molar-refractivity contribution in [2.45, 2.75) is 33.9 Å². The van der Waals surface area contributed by atoms with Crippen LogP contribution in [-0.2, 0) is 13.2 Å². The summed E-state index contributed by atoms with van der Waals surface area (Å²) in [5.74, 6) is 0.826. The van der Waals surface area contributed by atoms with E-state index in [-0.39, 0.29) is 18.1 Å². The molecule has 0 atom stereocenters. The van der Waals surface area contributed by atoms with Crippen molar-refractivity contribution in [2.24, 2.45) is 0 Å². The molecule has 2 aromatic heterocycles. The van der Waals surface area contributed by atoms with Crippen molar-refractivity contribution in [2.75, 3.05) is 5.32 Å². The van der Waals surface area contributed by atoms with Gasteiger partial charge < -0.3 is 14.6 Å². The summed E-state index contributed by atoms with van der Waals surface area (Å²) in [5, 5.41) is 11.1. The van der Waals surface area contributed by atoms with Crippen molar-refractivity contribution in [3.8, 4) is 5.75 Å². The zero-order valence-corrected chi connectivity index (χ0v) is 19.9. The highest BCUT2D eigenvalue weighted by Crippen LogP contribution is 2.25. The first-order valence-electron chi connectivity index (χ1n) is 10.2. The van der Waals surface area contributed by atoms with E-state index in [1.54, 1.807) is 29.9 Å². The summed E-state index contributed by atoms with van der Waals surface area (Å²) in [5.41, 5.74) is 3.66. The molecule has 1 amide bonds. The van der Waals surface area contributed by atoms with E-state index in [4.69, 9.17) is 9.26 Å². The van der Waals surface area contributed by atoms with Crippen LogP contribution in [0.25, 0.3) is 0 Å². The molecule has 0 aliphatic heterocycles. The van der Waals surface area contributed by atoms with Gasteiger partial charge in [0.05, 0.1) is 16.6 Å². The molecule has 0 aliphatic carbocycles. The number of nitrogens with one attached hydrogen (secondary N) is 1. The topological polar surface area (TPSA) is 82.2 Å². The van der Waals surface area contributed by atoms with Gasteiger partial charge in [0.1, 0.15) is 23.9 Å². The van der Waals surface area contributed by atoms with Gasteiger partial charge in [-0.15, -0.1) is 0 Å². The number of halogens is 2. The molecule has 0 fully saturated rings. The number of nitrogens with zero attached hydrogens (tertiary/aromatic N) is 3. The third kappa shape index (κ3) is 5.31. The normalized spacial score (nSPS) is 10.9. The van der Waals surface area contributed by atoms with Gasteiger partial charge >= 0.3 is 0 Å². The minimum absolute atomic E-state index is 0.137. The van der Waals surface area contributed by atoms with Crippen LogP contribution in [0.1, 0.15) is 38.5 Å². The van der Waals surface area contributed by atoms with Gasteiger partial charge in [-0.25, -0.2) is 4.39 Å². The number of carbonyl (C=O) groups is 1. The van der Waals surface area contributed by atoms with Gasteiger partial charge in [0.15, 0.2) is 11.5 Å². The lowest BCUT2D eigenvalue weighted by molar-refractivity contribution is 0.101. The summed E-state index contributed by atoms with van der Waals surface area (Å²) in [7, 11) is 0. The quantitative estimate of drug-likeness (QED) is 0.349. The van der Waals surface area contributed by atoms with E-state index < -0.39 is 5.91 Å². The lowest BCUT2D eigenvalue weighted by Crippen LogP contribution is -2.16. The molecule has 170 valence electrons. The molecule has 0 bridgehead atoms. The number of benzene rings is 2. The van der Waals surface area contributed by atoms with E-state index in [1.807, 2.05) is 32.0 Å². The molecule has 33 heavy (non-hydrogen) atoms. The number of rotatable bonds is 7. The number of anilines is 1. The van der Waals surface area contributed by atoms with Crippen molar-refractivity contribution in [3.05, 3.63) is 92.7 Å². The molecule has 2 heterocycles. The van der Waals surface area contributed by atoms with Crippen molar-refractivity contribution in [3.63, 3.8) is 0 Å². The van der Waals surface area contributed by atoms with Crippen LogP contribution in [0.4, 0.5) is 10.2 Å². The van der Waals surface area contributed by atoms with Crippen LogP contribution >= 0.6 is 15.9 Å². The van der Waals surface area contributed by atoms with Gasteiger partial charge in [0.25, 0.3) is 5.91 Å². The Kier molecular flexibility index (Phi) is 6.60. The van der Waals surface area contributed by atoms with Crippen LogP contribution in [0.3, 0.4) is 0 Å². The maximum absolute atomic E-state index is 13.1. The largest absolute Gasteiger partial charge is 0.488 e. The Morgan fingerprint density at radius 1 is 1.18 bits per heavy atom. The Bertz CT molecular complexity index is 1300. The zero-order valence-electron chi connectivity index (χ0n) is 18.4. The molecule has 9 heteroatoms. The molecule has 1 N–H and O–H groups in total. The molecular weight excluding hydrogens is 491 g/mol. The molecule has 0 spiro atoms. The summed E-state index contributed by atoms with van der Waals surface area (Å²) in [4.78, 5) is 12.9. The summed E-state index contributed by atoms with van der Waals surface area (Å²) in [6.07, 6.45) is 1.73. The van der Waals surface area contributed by atoms with Gasteiger partial charge in [-0.05, 0) is 71.6 Å². The van der Waals surface area contributed by atoms with Crippen LogP contribution < -0.4 is 10.1 Å². The summed E-state index contributed by atoms with van der Waals surface area (Å²) in [6, 6.07) is 12.1. The molecule has 4 aromatic rings. The molecular formula is C24H22BrFN4O3. The Hall–Kier alpha value is -3.46. The second-order valence-electron chi connectivity index (χ2n) is 7.73. The predicted molar refractivity (Wildman–Crippen MR) is 125 cm³/mol. The van der Waals surface area contributed by atoms with Crippen LogP contribution in [0.2, 0.25) is 0 Å². The maximum atomic E-state index is 13.1. The van der Waals surface area contributed by atoms with Crippen LogP contribution in [-0.4, -0.2) is 20.8 Å². The first-order valence-corrected chi connectivity index (χ1v) is 11.0. The molecule has 0 unspecified atom stereocenters. The first kappa shape index (κ1) is 22.7. The van der Waals surface area contributed by atoms with E-state index in [1.165, 1.54) is 12.1 Å². The predicted octanol–water partition coefficient (Wildman–Crippen LogP) is 5.58. The second kappa shape index (κ2) is 9.58. The SMILES string of the molecule is Cc1ccc(C)c(OCc2c(C(=O)Nc3nn(Cc4ccc(F)cc4)cc3Br)noc2C)c1. The average molecular weight is 513 g/mol. The van der Waals surface area contributed by atoms with Crippen LogP contribution in [0.15, 0.2) is 57.7 Å². The monoisotopic (exact) mass is 512 g/mol. The van der Waals surface area contributed by atoms with E-state index >= 15 is 0 Å². The minimum Gasteiger partial charge on any atom is -0.488 e. The number of hydrogen-bond acceptors (Lipinski definition) is 5. The first-order chi connectivity index (χ1) is 15.8. The number of aryl methyl sites for hydroxylation is 3. The van der Waals surface area contributed by atoms with Crippen LogP contribution in [0, 0.1) is 26.6 Å². The maximum Gasteiger partial charge on any atom is 0.279 e. The summed E-state index contributed by atoms with van der Waals surface area (Å²) < 4.78 is 26.6. The van der Waals surface area contributed by atoms with E-state index in [9.17, 15) is 9.18 Å². The van der Waals surface area contributed by atoms with E-state index in [0.717, 1.165) is 22.4 Å². The molecule has 7 nitrogen and oxygen atoms in total. The van der Waals surface area contributed by atoms with Gasteiger partial charge in [-0.3, -0.25) is 9.48 Å². The highest BCUT2D eigenvalue weighted by Gasteiger charge is 2.22. The third-order valence-electron chi connectivity index (χ3n) is 5.12. The average Bonchev–Trinajstić information content (AvgIpc) is 3.32. The van der Waals surface area contributed by atoms with Gasteiger partial charge in [0.2, 0.25) is 0 Å². The molecule has 2 aromatic carbocycles. The smallest absolute Gasteiger partial charge is 0.279 e. The Balaban J connectivity index is 1.47. The second-order valence-corrected chi connectivity index (χ2v) is 8.58. The highest BCUT2D eigenvalue weighted by atomic mass is 79.9. The number of hydrogen-bond donors (Lipinski definition) is 1. The minimum atomic E-state index is -0.459. The van der Waals surface area contributed by atoms with Crippen molar-refractivity contribution < 1.29 is 18.4 Å². The molecule has 0 saturated carbocycles. The number of amides is 1.